The number of Topliss-reactive ketones (excluding diaryl/α,β-unsaturated/α-hetero) is 1. The number of ether oxygens (including phenoxy) is 1. The van der Waals surface area contributed by atoms with Crippen LogP contribution in [0.25, 0.3) is 0 Å². The van der Waals surface area contributed by atoms with E-state index in [0.717, 1.165) is 11.3 Å². The third-order valence-electron chi connectivity index (χ3n) is 5.15. The molecule has 0 bridgehead atoms. The van der Waals surface area contributed by atoms with E-state index in [1.165, 1.54) is 6.92 Å². The molecule has 2 atom stereocenters. The van der Waals surface area contributed by atoms with Crippen LogP contribution >= 0.6 is 0 Å². The molecule has 0 saturated heterocycles. The minimum absolute atomic E-state index is 0.00626. The molecule has 2 amide bonds. The van der Waals surface area contributed by atoms with Crippen LogP contribution in [0.15, 0.2) is 53.6 Å². The van der Waals surface area contributed by atoms with Crippen LogP contribution in [0.3, 0.4) is 0 Å². The number of hydrazone groups is 1. The van der Waals surface area contributed by atoms with Crippen molar-refractivity contribution in [3.05, 3.63) is 54.1 Å². The quantitative estimate of drug-likeness (QED) is 0.794. The Morgan fingerprint density at radius 2 is 2.00 bits per heavy atom. The van der Waals surface area contributed by atoms with Gasteiger partial charge in [0.05, 0.1) is 17.4 Å². The summed E-state index contributed by atoms with van der Waals surface area (Å²) in [4.78, 5) is 36.5. The number of nitrogens with one attached hydrogen (secondary N) is 2. The third kappa shape index (κ3) is 3.89. The first-order valence-electron chi connectivity index (χ1n) is 9.72. The number of ketones is 1. The Balaban J connectivity index is 1.50. The molecule has 0 radical (unpaired) electrons. The zero-order valence-electron chi connectivity index (χ0n) is 16.7. The first-order chi connectivity index (χ1) is 14.4. The van der Waals surface area contributed by atoms with E-state index < -0.39 is 6.04 Å². The van der Waals surface area contributed by atoms with E-state index in [9.17, 15) is 14.4 Å². The van der Waals surface area contributed by atoms with Crippen molar-refractivity contribution < 1.29 is 19.1 Å². The van der Waals surface area contributed by atoms with Gasteiger partial charge < -0.3 is 15.4 Å². The Kier molecular flexibility index (Phi) is 5.22. The number of fused-ring (bicyclic) bond motifs is 1. The zero-order chi connectivity index (χ0) is 21.3. The number of carbonyl (C=O) groups excluding carboxylic acids is 3. The fourth-order valence-corrected chi connectivity index (χ4v) is 3.52. The second-order valence-corrected chi connectivity index (χ2v) is 7.34. The Morgan fingerprint density at radius 1 is 1.23 bits per heavy atom. The van der Waals surface area contributed by atoms with Crippen LogP contribution < -0.4 is 20.4 Å². The summed E-state index contributed by atoms with van der Waals surface area (Å²) >= 11 is 0. The summed E-state index contributed by atoms with van der Waals surface area (Å²) in [7, 11) is 0. The van der Waals surface area contributed by atoms with E-state index in [1.54, 1.807) is 17.1 Å². The van der Waals surface area contributed by atoms with Crippen LogP contribution in [0, 0.1) is 0 Å². The van der Waals surface area contributed by atoms with Gasteiger partial charge >= 0.3 is 0 Å². The summed E-state index contributed by atoms with van der Waals surface area (Å²) in [5.74, 6) is 0.00171. The Morgan fingerprint density at radius 3 is 2.73 bits per heavy atom. The Labute approximate surface area is 173 Å². The molecule has 2 N–H and O–H groups in total. The summed E-state index contributed by atoms with van der Waals surface area (Å²) < 4.78 is 5.36. The lowest BCUT2D eigenvalue weighted by molar-refractivity contribution is -0.119. The summed E-state index contributed by atoms with van der Waals surface area (Å²) in [5.41, 5.74) is 2.46. The standard InChI is InChI=1S/C22H22N4O4/c1-13(15-8-9-20-17(10-15)24-21(28)12-30-20)23-22(29)18-11-19(14(2)27)26(25-18)16-6-4-3-5-7-16/h3-10,13,19H,11-12H2,1-2H3,(H,23,29)(H,24,28). The highest BCUT2D eigenvalue weighted by Crippen LogP contribution is 2.31. The summed E-state index contributed by atoms with van der Waals surface area (Å²) in [5, 5.41) is 11.7. The van der Waals surface area contributed by atoms with Gasteiger partial charge in [0.15, 0.2) is 12.4 Å². The number of benzene rings is 2. The third-order valence-corrected chi connectivity index (χ3v) is 5.15. The molecule has 2 heterocycles. The average Bonchev–Trinajstić information content (AvgIpc) is 3.20. The summed E-state index contributed by atoms with van der Waals surface area (Å²) in [6.45, 7) is 3.34. The van der Waals surface area contributed by atoms with Crippen molar-refractivity contribution in [2.75, 3.05) is 16.9 Å². The molecule has 2 aromatic rings. The molecule has 0 spiro atoms. The van der Waals surface area contributed by atoms with Gasteiger partial charge in [-0.25, -0.2) is 0 Å². The number of hydrogen-bond donors (Lipinski definition) is 2. The van der Waals surface area contributed by atoms with Crippen molar-refractivity contribution in [2.45, 2.75) is 32.4 Å². The van der Waals surface area contributed by atoms with Crippen LogP contribution in [0.2, 0.25) is 0 Å². The molecular weight excluding hydrogens is 384 g/mol. The number of carbonyl (C=O) groups is 3. The van der Waals surface area contributed by atoms with Crippen molar-refractivity contribution in [1.82, 2.24) is 5.32 Å². The molecule has 0 fully saturated rings. The van der Waals surface area contributed by atoms with Crippen molar-refractivity contribution in [2.24, 2.45) is 5.10 Å². The molecule has 8 nitrogen and oxygen atoms in total. The molecule has 2 aliphatic heterocycles. The number of hydrogen-bond acceptors (Lipinski definition) is 6. The van der Waals surface area contributed by atoms with Crippen LogP contribution in [0.5, 0.6) is 5.75 Å². The van der Waals surface area contributed by atoms with Crippen molar-refractivity contribution in [3.8, 4) is 5.75 Å². The molecule has 8 heteroatoms. The molecule has 4 rings (SSSR count). The highest BCUT2D eigenvalue weighted by atomic mass is 16.5. The number of para-hydroxylation sites is 1. The normalized spacial score (nSPS) is 18.6. The average molecular weight is 406 g/mol. The number of amides is 2. The maximum Gasteiger partial charge on any atom is 0.268 e. The van der Waals surface area contributed by atoms with Gasteiger partial charge in [0, 0.05) is 6.42 Å². The number of nitrogens with zero attached hydrogens (tertiary/aromatic N) is 2. The van der Waals surface area contributed by atoms with E-state index in [-0.39, 0.29) is 36.7 Å². The molecule has 2 aliphatic rings. The molecule has 2 aromatic carbocycles. The summed E-state index contributed by atoms with van der Waals surface area (Å²) in [6.07, 6.45) is 0.247. The van der Waals surface area contributed by atoms with Gasteiger partial charge in [0.1, 0.15) is 17.5 Å². The minimum Gasteiger partial charge on any atom is -0.482 e. The van der Waals surface area contributed by atoms with Crippen LogP contribution in [0.4, 0.5) is 11.4 Å². The number of rotatable bonds is 5. The molecule has 2 unspecified atom stereocenters. The molecule has 0 aliphatic carbocycles. The van der Waals surface area contributed by atoms with E-state index in [4.69, 9.17) is 4.74 Å². The molecular formula is C22H22N4O4. The predicted octanol–water partition coefficient (Wildman–Crippen LogP) is 2.42. The van der Waals surface area contributed by atoms with E-state index in [2.05, 4.69) is 15.7 Å². The van der Waals surface area contributed by atoms with Gasteiger partial charge in [0.25, 0.3) is 11.8 Å². The SMILES string of the molecule is CC(=O)C1CC(C(=O)NC(C)c2ccc3c(c2)NC(=O)CO3)=NN1c1ccccc1. The van der Waals surface area contributed by atoms with Gasteiger partial charge in [0.2, 0.25) is 0 Å². The fraction of sp³-hybridized carbons (Fsp3) is 0.273. The molecule has 30 heavy (non-hydrogen) atoms. The van der Waals surface area contributed by atoms with Gasteiger partial charge in [-0.05, 0) is 43.7 Å². The molecule has 154 valence electrons. The lowest BCUT2D eigenvalue weighted by Gasteiger charge is -2.21. The van der Waals surface area contributed by atoms with Gasteiger partial charge in [-0.2, -0.15) is 5.10 Å². The monoisotopic (exact) mass is 406 g/mol. The van der Waals surface area contributed by atoms with E-state index >= 15 is 0 Å². The maximum atomic E-state index is 12.8. The van der Waals surface area contributed by atoms with Crippen molar-refractivity contribution in [3.63, 3.8) is 0 Å². The Hall–Kier alpha value is -3.68. The van der Waals surface area contributed by atoms with Crippen LogP contribution in [-0.2, 0) is 14.4 Å². The second-order valence-electron chi connectivity index (χ2n) is 7.34. The first kappa shape index (κ1) is 19.6. The molecule has 0 saturated carbocycles. The highest BCUT2D eigenvalue weighted by Gasteiger charge is 2.34. The fourth-order valence-electron chi connectivity index (χ4n) is 3.52. The van der Waals surface area contributed by atoms with Crippen LogP contribution in [-0.4, -0.2) is 36.0 Å². The topological polar surface area (TPSA) is 100 Å². The van der Waals surface area contributed by atoms with E-state index in [1.807, 2.05) is 43.3 Å². The van der Waals surface area contributed by atoms with Gasteiger partial charge in [-0.3, -0.25) is 19.4 Å². The minimum atomic E-state index is -0.500. The predicted molar refractivity (Wildman–Crippen MR) is 113 cm³/mol. The van der Waals surface area contributed by atoms with Gasteiger partial charge in [-0.15, -0.1) is 0 Å². The first-order valence-corrected chi connectivity index (χ1v) is 9.72. The highest BCUT2D eigenvalue weighted by molar-refractivity contribution is 6.40. The van der Waals surface area contributed by atoms with E-state index in [0.29, 0.717) is 17.1 Å². The zero-order valence-corrected chi connectivity index (χ0v) is 16.7. The van der Waals surface area contributed by atoms with Crippen LogP contribution in [0.1, 0.15) is 31.9 Å². The lowest BCUT2D eigenvalue weighted by Crippen LogP contribution is -2.35. The lowest BCUT2D eigenvalue weighted by atomic mass is 10.0. The molecule has 0 aromatic heterocycles. The number of anilines is 2. The van der Waals surface area contributed by atoms with Crippen molar-refractivity contribution >= 4 is 34.7 Å². The largest absolute Gasteiger partial charge is 0.482 e. The summed E-state index contributed by atoms with van der Waals surface area (Å²) in [6, 6.07) is 13.9. The second kappa shape index (κ2) is 7.98. The Bertz CT molecular complexity index is 1030. The smallest absolute Gasteiger partial charge is 0.268 e. The maximum absolute atomic E-state index is 12.8. The van der Waals surface area contributed by atoms with Crippen molar-refractivity contribution in [1.29, 1.82) is 0 Å². The van der Waals surface area contributed by atoms with Gasteiger partial charge in [-0.1, -0.05) is 24.3 Å².